The fourth-order valence-electron chi connectivity index (χ4n) is 4.11. The zero-order valence-electron chi connectivity index (χ0n) is 17.8. The van der Waals surface area contributed by atoms with Gasteiger partial charge in [-0.05, 0) is 65.9 Å². The van der Waals surface area contributed by atoms with E-state index in [9.17, 15) is 4.79 Å². The largest absolute Gasteiger partial charge is 0.493 e. The highest BCUT2D eigenvalue weighted by Crippen LogP contribution is 2.42. The standard InChI is InChI=1S/C25H25ClN2O3/c1-16-7-6-8-18(13-16)27-25(29)28-12-11-17-14-22(30-2)23(31-3)15-20(17)24(28)19-9-4-5-10-21(19)26/h4-10,13-15,24H,11-12H2,1-3H3,(H,27,29). The number of nitrogens with one attached hydrogen (secondary N) is 1. The molecule has 6 heteroatoms. The first-order valence-electron chi connectivity index (χ1n) is 10.2. The lowest BCUT2D eigenvalue weighted by Crippen LogP contribution is -2.43. The lowest BCUT2D eigenvalue weighted by molar-refractivity contribution is 0.193. The number of fused-ring (bicyclic) bond motifs is 1. The number of hydrogen-bond donors (Lipinski definition) is 1. The number of carbonyl (C=O) groups excluding carboxylic acids is 1. The van der Waals surface area contributed by atoms with Crippen LogP contribution in [0.4, 0.5) is 10.5 Å². The fourth-order valence-corrected chi connectivity index (χ4v) is 4.35. The molecule has 2 amide bonds. The monoisotopic (exact) mass is 436 g/mol. The number of carbonyl (C=O) groups is 1. The van der Waals surface area contributed by atoms with Crippen molar-refractivity contribution >= 4 is 23.3 Å². The molecular formula is C25H25ClN2O3. The van der Waals surface area contributed by atoms with E-state index < -0.39 is 0 Å². The van der Waals surface area contributed by atoms with Crippen LogP contribution in [0, 0.1) is 6.92 Å². The van der Waals surface area contributed by atoms with Crippen molar-refractivity contribution in [3.05, 3.63) is 87.9 Å². The summed E-state index contributed by atoms with van der Waals surface area (Å²) in [5, 5.41) is 3.66. The molecule has 0 radical (unpaired) electrons. The highest BCUT2D eigenvalue weighted by Gasteiger charge is 2.34. The number of amides is 2. The van der Waals surface area contributed by atoms with Crippen LogP contribution in [-0.4, -0.2) is 31.7 Å². The van der Waals surface area contributed by atoms with Crippen molar-refractivity contribution in [3.8, 4) is 11.5 Å². The molecule has 4 rings (SSSR count). The minimum absolute atomic E-state index is 0.170. The van der Waals surface area contributed by atoms with E-state index in [0.717, 1.165) is 27.9 Å². The smallest absolute Gasteiger partial charge is 0.322 e. The van der Waals surface area contributed by atoms with Gasteiger partial charge < -0.3 is 19.7 Å². The molecular weight excluding hydrogens is 412 g/mol. The first-order valence-corrected chi connectivity index (χ1v) is 10.5. The molecule has 0 aromatic heterocycles. The number of urea groups is 1. The predicted octanol–water partition coefficient (Wildman–Crippen LogP) is 5.85. The van der Waals surface area contributed by atoms with Crippen LogP contribution in [0.3, 0.4) is 0 Å². The Morgan fingerprint density at radius 3 is 2.45 bits per heavy atom. The van der Waals surface area contributed by atoms with Crippen LogP contribution in [0.1, 0.15) is 28.3 Å². The van der Waals surface area contributed by atoms with Crippen LogP contribution >= 0.6 is 11.6 Å². The van der Waals surface area contributed by atoms with Gasteiger partial charge in [-0.2, -0.15) is 0 Å². The quantitative estimate of drug-likeness (QED) is 0.558. The summed E-state index contributed by atoms with van der Waals surface area (Å²) in [6, 6.07) is 18.8. The molecule has 1 aliphatic heterocycles. The molecule has 3 aromatic rings. The van der Waals surface area contributed by atoms with E-state index in [4.69, 9.17) is 21.1 Å². The second kappa shape index (κ2) is 8.90. The first-order chi connectivity index (χ1) is 15.0. The van der Waals surface area contributed by atoms with Crippen LogP contribution in [0.5, 0.6) is 11.5 Å². The minimum Gasteiger partial charge on any atom is -0.493 e. The van der Waals surface area contributed by atoms with Gasteiger partial charge in [0.05, 0.1) is 20.3 Å². The minimum atomic E-state index is -0.345. The molecule has 1 N–H and O–H groups in total. The zero-order valence-corrected chi connectivity index (χ0v) is 18.6. The van der Waals surface area contributed by atoms with Crippen molar-refractivity contribution in [2.24, 2.45) is 0 Å². The van der Waals surface area contributed by atoms with Crippen molar-refractivity contribution < 1.29 is 14.3 Å². The van der Waals surface area contributed by atoms with Crippen LogP contribution in [0.2, 0.25) is 5.02 Å². The van der Waals surface area contributed by atoms with Gasteiger partial charge in [0.15, 0.2) is 11.5 Å². The Morgan fingerprint density at radius 2 is 1.74 bits per heavy atom. The van der Waals surface area contributed by atoms with E-state index in [1.807, 2.05) is 72.5 Å². The number of methoxy groups -OCH3 is 2. The maximum absolute atomic E-state index is 13.4. The van der Waals surface area contributed by atoms with Gasteiger partial charge in [0.2, 0.25) is 0 Å². The molecule has 31 heavy (non-hydrogen) atoms. The number of benzene rings is 3. The maximum atomic E-state index is 13.4. The van der Waals surface area contributed by atoms with E-state index in [-0.39, 0.29) is 12.1 Å². The SMILES string of the molecule is COc1cc2c(cc1OC)C(c1ccccc1Cl)N(C(=O)Nc1cccc(C)c1)CC2. The Bertz CT molecular complexity index is 1120. The number of anilines is 1. The lowest BCUT2D eigenvalue weighted by atomic mass is 9.87. The molecule has 0 saturated heterocycles. The summed E-state index contributed by atoms with van der Waals surface area (Å²) in [6.45, 7) is 2.55. The van der Waals surface area contributed by atoms with Crippen LogP contribution in [0.25, 0.3) is 0 Å². The molecule has 160 valence electrons. The molecule has 1 heterocycles. The Labute approximate surface area is 187 Å². The molecule has 0 aliphatic carbocycles. The summed E-state index contributed by atoms with van der Waals surface area (Å²) in [4.78, 5) is 15.2. The van der Waals surface area contributed by atoms with Gasteiger partial charge in [0.1, 0.15) is 0 Å². The second-order valence-electron chi connectivity index (χ2n) is 7.57. The molecule has 1 atom stereocenters. The molecule has 5 nitrogen and oxygen atoms in total. The van der Waals surface area contributed by atoms with Gasteiger partial charge in [-0.25, -0.2) is 4.79 Å². The molecule has 0 spiro atoms. The Hall–Kier alpha value is -3.18. The van der Waals surface area contributed by atoms with Crippen molar-refractivity contribution in [1.82, 2.24) is 4.90 Å². The van der Waals surface area contributed by atoms with E-state index >= 15 is 0 Å². The lowest BCUT2D eigenvalue weighted by Gasteiger charge is -2.38. The van der Waals surface area contributed by atoms with Gasteiger partial charge in [-0.3, -0.25) is 0 Å². The Balaban J connectivity index is 1.79. The zero-order chi connectivity index (χ0) is 22.0. The summed E-state index contributed by atoms with van der Waals surface area (Å²) in [6.07, 6.45) is 0.706. The third kappa shape index (κ3) is 4.19. The molecule has 0 bridgehead atoms. The van der Waals surface area contributed by atoms with Gasteiger partial charge in [-0.1, -0.05) is 41.9 Å². The summed E-state index contributed by atoms with van der Waals surface area (Å²) in [5.41, 5.74) is 4.82. The third-order valence-electron chi connectivity index (χ3n) is 5.60. The van der Waals surface area contributed by atoms with Crippen LogP contribution < -0.4 is 14.8 Å². The van der Waals surface area contributed by atoms with Gasteiger partial charge in [0.25, 0.3) is 0 Å². The van der Waals surface area contributed by atoms with Crippen molar-refractivity contribution in [1.29, 1.82) is 0 Å². The number of aryl methyl sites for hydroxylation is 1. The van der Waals surface area contributed by atoms with Crippen molar-refractivity contribution in [2.45, 2.75) is 19.4 Å². The summed E-state index contributed by atoms with van der Waals surface area (Å²) >= 11 is 6.59. The molecule has 0 fully saturated rings. The fraction of sp³-hybridized carbons (Fsp3) is 0.240. The van der Waals surface area contributed by atoms with Crippen LogP contribution in [-0.2, 0) is 6.42 Å². The van der Waals surface area contributed by atoms with Crippen molar-refractivity contribution in [3.63, 3.8) is 0 Å². The van der Waals surface area contributed by atoms with Gasteiger partial charge >= 0.3 is 6.03 Å². The highest BCUT2D eigenvalue weighted by atomic mass is 35.5. The number of nitrogens with zero attached hydrogens (tertiary/aromatic N) is 1. The summed E-state index contributed by atoms with van der Waals surface area (Å²) < 4.78 is 11.0. The Morgan fingerprint density at radius 1 is 1.00 bits per heavy atom. The third-order valence-corrected chi connectivity index (χ3v) is 5.95. The summed E-state index contributed by atoms with van der Waals surface area (Å²) in [5.74, 6) is 1.30. The maximum Gasteiger partial charge on any atom is 0.322 e. The van der Waals surface area contributed by atoms with Crippen LogP contribution in [0.15, 0.2) is 60.7 Å². The van der Waals surface area contributed by atoms with Crippen molar-refractivity contribution in [2.75, 3.05) is 26.1 Å². The predicted molar refractivity (Wildman–Crippen MR) is 123 cm³/mol. The van der Waals surface area contributed by atoms with Gasteiger partial charge in [-0.15, -0.1) is 0 Å². The second-order valence-corrected chi connectivity index (χ2v) is 7.98. The number of halogens is 1. The normalized spacial score (nSPS) is 15.2. The topological polar surface area (TPSA) is 50.8 Å². The molecule has 0 saturated carbocycles. The number of rotatable bonds is 4. The Kier molecular flexibility index (Phi) is 6.05. The molecule has 1 aliphatic rings. The number of ether oxygens (including phenoxy) is 2. The highest BCUT2D eigenvalue weighted by molar-refractivity contribution is 6.31. The van der Waals surface area contributed by atoms with E-state index in [2.05, 4.69) is 5.32 Å². The van der Waals surface area contributed by atoms with E-state index in [1.165, 1.54) is 0 Å². The van der Waals surface area contributed by atoms with E-state index in [0.29, 0.717) is 29.5 Å². The average Bonchev–Trinajstić information content (AvgIpc) is 2.77. The summed E-state index contributed by atoms with van der Waals surface area (Å²) in [7, 11) is 3.24. The number of hydrogen-bond acceptors (Lipinski definition) is 3. The molecule has 3 aromatic carbocycles. The van der Waals surface area contributed by atoms with Gasteiger partial charge in [0, 0.05) is 17.3 Å². The average molecular weight is 437 g/mol. The molecule has 1 unspecified atom stereocenters. The van der Waals surface area contributed by atoms with E-state index in [1.54, 1.807) is 14.2 Å². The first kappa shape index (κ1) is 21.1.